The average molecular weight is 577 g/mol. The Morgan fingerprint density at radius 1 is 1.22 bits per heavy atom. The van der Waals surface area contributed by atoms with Gasteiger partial charge in [-0.1, -0.05) is 12.0 Å². The van der Waals surface area contributed by atoms with Gasteiger partial charge in [0.2, 0.25) is 0 Å². The summed E-state index contributed by atoms with van der Waals surface area (Å²) in [6.45, 7) is 5.53. The van der Waals surface area contributed by atoms with Gasteiger partial charge in [0, 0.05) is 11.6 Å². The van der Waals surface area contributed by atoms with Crippen molar-refractivity contribution in [1.82, 2.24) is 29.6 Å². The second kappa shape index (κ2) is 11.6. The molecule has 0 aliphatic heterocycles. The molecule has 4 rings (SSSR count). The fourth-order valence-corrected chi connectivity index (χ4v) is 5.04. The molecule has 1 fully saturated rings. The number of alkyl halides is 4. The lowest BCUT2D eigenvalue weighted by molar-refractivity contribution is -0.127. The summed E-state index contributed by atoms with van der Waals surface area (Å²) in [6, 6.07) is 4.43. The first kappa shape index (κ1) is 30.2. The lowest BCUT2D eigenvalue weighted by Gasteiger charge is -2.35. The van der Waals surface area contributed by atoms with Crippen LogP contribution in [0.15, 0.2) is 24.4 Å². The molecular formula is C28H36F4N8O. The van der Waals surface area contributed by atoms with Crippen LogP contribution in [-0.2, 0) is 12.0 Å². The summed E-state index contributed by atoms with van der Waals surface area (Å²) in [6.07, 6.45) is -3.77. The summed E-state index contributed by atoms with van der Waals surface area (Å²) >= 11 is 0. The van der Waals surface area contributed by atoms with Crippen molar-refractivity contribution < 1.29 is 22.4 Å². The number of amides is 1. The second-order valence-corrected chi connectivity index (χ2v) is 11.5. The van der Waals surface area contributed by atoms with Crippen molar-refractivity contribution in [2.75, 3.05) is 31.7 Å². The molecule has 0 radical (unpaired) electrons. The number of carbonyl (C=O) groups is 1. The number of hydrogen-bond donors (Lipinski definition) is 3. The standard InChI is InChI=1S/C28H36F4N8O/c1-27(2,3)40-25(33)19(16-35-40)26(41)34-13-7-8-21-18(15-28(30,31)32)23-9-6-10-24(39(23)37-21)36-22-12-11-17(38(4)5)14-20(22)29/h6,9-10,16-17,20,22,36H,11-15,33H2,1-5H3,(H,34,41)/t17?,20-,22+/m0/s1. The van der Waals surface area contributed by atoms with Gasteiger partial charge < -0.3 is 21.3 Å². The summed E-state index contributed by atoms with van der Waals surface area (Å²) in [7, 11) is 3.84. The molecule has 222 valence electrons. The summed E-state index contributed by atoms with van der Waals surface area (Å²) in [5.74, 6) is 5.44. The summed E-state index contributed by atoms with van der Waals surface area (Å²) in [4.78, 5) is 14.6. The third-order valence-electron chi connectivity index (χ3n) is 7.18. The Morgan fingerprint density at radius 2 is 1.95 bits per heavy atom. The van der Waals surface area contributed by atoms with Gasteiger partial charge in [-0.3, -0.25) is 4.79 Å². The van der Waals surface area contributed by atoms with Crippen LogP contribution in [0.3, 0.4) is 0 Å². The van der Waals surface area contributed by atoms with Gasteiger partial charge in [0.15, 0.2) is 0 Å². The van der Waals surface area contributed by atoms with Crippen LogP contribution >= 0.6 is 0 Å². The highest BCUT2D eigenvalue weighted by molar-refractivity contribution is 5.98. The van der Waals surface area contributed by atoms with Gasteiger partial charge in [0.1, 0.15) is 29.1 Å². The molecule has 3 aromatic heterocycles. The molecule has 0 aromatic carbocycles. The number of hydrogen-bond acceptors (Lipinski definition) is 6. The quantitative estimate of drug-likeness (QED) is 0.303. The SMILES string of the molecule is CN(C)C1CC[C@@H](Nc2cccc3c(CC(F)(F)F)c(C#CCNC(=O)c4cnn(C(C)(C)C)c4N)nn23)[C@@H](F)C1. The molecule has 3 atom stereocenters. The Bertz CT molecular complexity index is 1460. The van der Waals surface area contributed by atoms with Crippen LogP contribution in [-0.4, -0.2) is 75.3 Å². The second-order valence-electron chi connectivity index (χ2n) is 11.5. The molecule has 0 saturated heterocycles. The molecule has 41 heavy (non-hydrogen) atoms. The predicted molar refractivity (Wildman–Crippen MR) is 149 cm³/mol. The molecule has 3 aromatic rings. The Kier molecular flexibility index (Phi) is 8.54. The number of anilines is 2. The minimum Gasteiger partial charge on any atom is -0.383 e. The minimum absolute atomic E-state index is 0.0704. The van der Waals surface area contributed by atoms with Crippen molar-refractivity contribution in [2.45, 2.75) is 76.4 Å². The number of halogens is 4. The van der Waals surface area contributed by atoms with Gasteiger partial charge >= 0.3 is 6.18 Å². The average Bonchev–Trinajstić information content (AvgIpc) is 3.43. The van der Waals surface area contributed by atoms with E-state index in [1.807, 2.05) is 39.8 Å². The van der Waals surface area contributed by atoms with E-state index in [-0.39, 0.29) is 40.7 Å². The molecule has 4 N–H and O–H groups in total. The van der Waals surface area contributed by atoms with Crippen LogP contribution in [0, 0.1) is 11.8 Å². The van der Waals surface area contributed by atoms with Crippen LogP contribution in [0.5, 0.6) is 0 Å². The van der Waals surface area contributed by atoms with E-state index in [0.717, 1.165) is 6.42 Å². The Morgan fingerprint density at radius 3 is 2.56 bits per heavy atom. The normalized spacial score (nSPS) is 19.7. The van der Waals surface area contributed by atoms with Crippen LogP contribution < -0.4 is 16.4 Å². The zero-order chi connectivity index (χ0) is 30.1. The molecule has 0 spiro atoms. The molecule has 1 aliphatic carbocycles. The number of pyridine rings is 1. The summed E-state index contributed by atoms with van der Waals surface area (Å²) < 4.78 is 58.4. The van der Waals surface area contributed by atoms with Crippen molar-refractivity contribution in [3.05, 3.63) is 41.2 Å². The van der Waals surface area contributed by atoms with E-state index >= 15 is 0 Å². The summed E-state index contributed by atoms with van der Waals surface area (Å²) in [5, 5.41) is 14.3. The Labute approximate surface area is 236 Å². The zero-order valence-electron chi connectivity index (χ0n) is 23.8. The number of nitrogens with one attached hydrogen (secondary N) is 2. The van der Waals surface area contributed by atoms with Gasteiger partial charge in [0.25, 0.3) is 5.91 Å². The van der Waals surface area contributed by atoms with Gasteiger partial charge in [-0.05, 0) is 72.2 Å². The highest BCUT2D eigenvalue weighted by Crippen LogP contribution is 2.30. The molecule has 13 heteroatoms. The largest absolute Gasteiger partial charge is 0.393 e. The third kappa shape index (κ3) is 6.93. The highest BCUT2D eigenvalue weighted by Gasteiger charge is 2.34. The van der Waals surface area contributed by atoms with Crippen LogP contribution in [0.1, 0.15) is 61.6 Å². The van der Waals surface area contributed by atoms with E-state index in [9.17, 15) is 22.4 Å². The summed E-state index contributed by atoms with van der Waals surface area (Å²) in [5.41, 5.74) is 5.88. The maximum atomic E-state index is 15.0. The number of nitrogens with zero attached hydrogens (tertiary/aromatic N) is 5. The van der Waals surface area contributed by atoms with Crippen LogP contribution in [0.2, 0.25) is 0 Å². The molecule has 1 amide bonds. The zero-order valence-corrected chi connectivity index (χ0v) is 23.8. The molecule has 9 nitrogen and oxygen atoms in total. The number of rotatable bonds is 6. The topological polar surface area (TPSA) is 106 Å². The Balaban J connectivity index is 1.55. The molecule has 1 aliphatic rings. The molecule has 0 bridgehead atoms. The van der Waals surface area contributed by atoms with E-state index in [2.05, 4.69) is 32.7 Å². The Hall–Kier alpha value is -3.79. The van der Waals surface area contributed by atoms with Gasteiger partial charge in [-0.15, -0.1) is 0 Å². The van der Waals surface area contributed by atoms with Gasteiger partial charge in [-0.2, -0.15) is 23.4 Å². The number of carbonyl (C=O) groups excluding carboxylic acids is 1. The predicted octanol–water partition coefficient (Wildman–Crippen LogP) is 3.99. The van der Waals surface area contributed by atoms with Gasteiger partial charge in [0.05, 0.1) is 36.3 Å². The first-order valence-electron chi connectivity index (χ1n) is 13.4. The number of aromatic nitrogens is 4. The van der Waals surface area contributed by atoms with Crippen molar-refractivity contribution in [3.63, 3.8) is 0 Å². The maximum Gasteiger partial charge on any atom is 0.393 e. The lowest BCUT2D eigenvalue weighted by atomic mass is 9.89. The van der Waals surface area contributed by atoms with Crippen molar-refractivity contribution >= 4 is 23.1 Å². The number of nitrogen functional groups attached to an aromatic ring is 1. The molecule has 1 saturated carbocycles. The van der Waals surface area contributed by atoms with Crippen molar-refractivity contribution in [2.24, 2.45) is 0 Å². The van der Waals surface area contributed by atoms with Gasteiger partial charge in [-0.25, -0.2) is 13.6 Å². The minimum atomic E-state index is -4.50. The van der Waals surface area contributed by atoms with E-state index < -0.39 is 36.3 Å². The first-order chi connectivity index (χ1) is 19.2. The first-order valence-corrected chi connectivity index (χ1v) is 13.4. The van der Waals surface area contributed by atoms with Crippen molar-refractivity contribution in [1.29, 1.82) is 0 Å². The van der Waals surface area contributed by atoms with E-state index in [1.165, 1.54) is 21.5 Å². The number of fused-ring (bicyclic) bond motifs is 1. The van der Waals surface area contributed by atoms with E-state index in [0.29, 0.717) is 18.7 Å². The third-order valence-corrected chi connectivity index (χ3v) is 7.18. The monoisotopic (exact) mass is 576 g/mol. The lowest BCUT2D eigenvalue weighted by Crippen LogP contribution is -2.43. The van der Waals surface area contributed by atoms with Crippen LogP contribution in [0.4, 0.5) is 29.2 Å². The van der Waals surface area contributed by atoms with E-state index in [1.54, 1.807) is 12.1 Å². The maximum absolute atomic E-state index is 15.0. The molecular weight excluding hydrogens is 540 g/mol. The molecule has 1 unspecified atom stereocenters. The van der Waals surface area contributed by atoms with E-state index in [4.69, 9.17) is 5.73 Å². The fraction of sp³-hybridized carbons (Fsp3) is 0.536. The van der Waals surface area contributed by atoms with Crippen LogP contribution in [0.25, 0.3) is 5.52 Å². The highest BCUT2D eigenvalue weighted by atomic mass is 19.4. The number of nitrogens with two attached hydrogens (primary N) is 1. The van der Waals surface area contributed by atoms with Crippen molar-refractivity contribution in [3.8, 4) is 11.8 Å². The molecule has 3 heterocycles. The fourth-order valence-electron chi connectivity index (χ4n) is 5.04. The smallest absolute Gasteiger partial charge is 0.383 e.